The van der Waals surface area contributed by atoms with Crippen LogP contribution in [0.4, 0.5) is 11.6 Å². The molecule has 0 spiro atoms. The molecule has 0 atom stereocenters. The van der Waals surface area contributed by atoms with Gasteiger partial charge in [-0.25, -0.2) is 0 Å². The van der Waals surface area contributed by atoms with Crippen LogP contribution in [0, 0.1) is 17.0 Å². The van der Waals surface area contributed by atoms with Crippen LogP contribution in [0.1, 0.15) is 11.1 Å². The molecule has 19 heavy (non-hydrogen) atoms. The minimum Gasteiger partial charge on any atom is -0.358 e. The van der Waals surface area contributed by atoms with Gasteiger partial charge in [-0.15, -0.1) is 0 Å². The van der Waals surface area contributed by atoms with Gasteiger partial charge in [0.1, 0.15) is 0 Å². The lowest BCUT2D eigenvalue weighted by Crippen LogP contribution is -2.20. The molecule has 0 bridgehead atoms. The van der Waals surface area contributed by atoms with E-state index in [0.717, 1.165) is 5.56 Å². The Labute approximate surface area is 111 Å². The number of imidazole rings is 1. The first-order valence-corrected chi connectivity index (χ1v) is 5.92. The zero-order valence-corrected chi connectivity index (χ0v) is 11.2. The molecule has 0 saturated heterocycles. The lowest BCUT2D eigenvalue weighted by atomic mass is 10.1. The van der Waals surface area contributed by atoms with E-state index < -0.39 is 4.92 Å². The number of hydrogen-bond donors (Lipinski definition) is 0. The number of rotatable bonds is 4. The highest BCUT2D eigenvalue weighted by molar-refractivity contribution is 5.54. The standard InChI is InChI=1S/C13H16N4O2/c1-10-6-4-5-7-11(10)8-15(2)13-12(17(18)19)14-9-16(13)3/h4-7,9H,8H2,1-3H3. The highest BCUT2D eigenvalue weighted by Crippen LogP contribution is 2.26. The maximum absolute atomic E-state index is 11.0. The molecular formula is C13H16N4O2. The fourth-order valence-corrected chi connectivity index (χ4v) is 2.10. The smallest absolute Gasteiger partial charge is 0.358 e. The van der Waals surface area contributed by atoms with Crippen LogP contribution in [0.5, 0.6) is 0 Å². The van der Waals surface area contributed by atoms with E-state index in [4.69, 9.17) is 0 Å². The summed E-state index contributed by atoms with van der Waals surface area (Å²) in [7, 11) is 3.58. The van der Waals surface area contributed by atoms with E-state index in [9.17, 15) is 10.1 Å². The van der Waals surface area contributed by atoms with Crippen molar-refractivity contribution < 1.29 is 4.92 Å². The molecule has 0 aliphatic carbocycles. The number of benzene rings is 1. The van der Waals surface area contributed by atoms with E-state index in [2.05, 4.69) is 4.98 Å². The Balaban J connectivity index is 2.30. The molecule has 100 valence electrons. The molecule has 0 unspecified atom stereocenters. The zero-order chi connectivity index (χ0) is 14.0. The zero-order valence-electron chi connectivity index (χ0n) is 11.2. The molecule has 1 aromatic heterocycles. The van der Waals surface area contributed by atoms with Crippen molar-refractivity contribution in [3.05, 3.63) is 51.8 Å². The van der Waals surface area contributed by atoms with Crippen LogP contribution in [0.15, 0.2) is 30.6 Å². The Morgan fingerprint density at radius 3 is 2.74 bits per heavy atom. The molecule has 6 nitrogen and oxygen atoms in total. The van der Waals surface area contributed by atoms with Gasteiger partial charge in [-0.2, -0.15) is 0 Å². The first-order valence-electron chi connectivity index (χ1n) is 5.92. The Morgan fingerprint density at radius 1 is 1.42 bits per heavy atom. The van der Waals surface area contributed by atoms with Crippen molar-refractivity contribution in [2.24, 2.45) is 7.05 Å². The predicted octanol–water partition coefficient (Wildman–Crippen LogP) is 2.27. The van der Waals surface area contributed by atoms with Crippen LogP contribution in [-0.4, -0.2) is 21.5 Å². The predicted molar refractivity (Wildman–Crippen MR) is 73.1 cm³/mol. The Hall–Kier alpha value is -2.37. The van der Waals surface area contributed by atoms with Crippen LogP contribution in [0.3, 0.4) is 0 Å². The third kappa shape index (κ3) is 2.57. The molecule has 2 aromatic rings. The lowest BCUT2D eigenvalue weighted by molar-refractivity contribution is -0.388. The maximum atomic E-state index is 11.0. The average Bonchev–Trinajstić information content (AvgIpc) is 2.74. The molecule has 2 rings (SSSR count). The second-order valence-corrected chi connectivity index (χ2v) is 4.54. The SMILES string of the molecule is Cc1ccccc1CN(C)c1c([N+](=O)[O-])ncn1C. The minimum absolute atomic E-state index is 0.112. The highest BCUT2D eigenvalue weighted by atomic mass is 16.6. The molecule has 0 aliphatic heterocycles. The average molecular weight is 260 g/mol. The largest absolute Gasteiger partial charge is 0.406 e. The van der Waals surface area contributed by atoms with Gasteiger partial charge in [0.15, 0.2) is 0 Å². The third-order valence-corrected chi connectivity index (χ3v) is 3.09. The molecular weight excluding hydrogens is 244 g/mol. The van der Waals surface area contributed by atoms with E-state index in [-0.39, 0.29) is 5.82 Å². The van der Waals surface area contributed by atoms with Gasteiger partial charge in [-0.05, 0) is 28.0 Å². The van der Waals surface area contributed by atoms with Crippen molar-refractivity contribution >= 4 is 11.6 Å². The summed E-state index contributed by atoms with van der Waals surface area (Å²) in [4.78, 5) is 16.2. The molecule has 0 fully saturated rings. The van der Waals surface area contributed by atoms with Gasteiger partial charge in [0.2, 0.25) is 12.1 Å². The van der Waals surface area contributed by atoms with E-state index in [1.54, 1.807) is 11.6 Å². The molecule has 0 N–H and O–H groups in total. The van der Waals surface area contributed by atoms with Crippen molar-refractivity contribution in [2.45, 2.75) is 13.5 Å². The number of nitro groups is 1. The van der Waals surface area contributed by atoms with Gasteiger partial charge in [0.05, 0.1) is 0 Å². The van der Waals surface area contributed by atoms with Crippen LogP contribution in [-0.2, 0) is 13.6 Å². The Bertz CT molecular complexity index is 606. The van der Waals surface area contributed by atoms with Crippen molar-refractivity contribution in [2.75, 3.05) is 11.9 Å². The molecule has 1 heterocycles. The summed E-state index contributed by atoms with van der Waals surface area (Å²) in [5, 5.41) is 11.0. The quantitative estimate of drug-likeness (QED) is 0.625. The molecule has 0 amide bonds. The molecule has 0 saturated carbocycles. The van der Waals surface area contributed by atoms with Crippen molar-refractivity contribution in [1.29, 1.82) is 0 Å². The third-order valence-electron chi connectivity index (χ3n) is 3.09. The Kier molecular flexibility index (Phi) is 3.50. The van der Waals surface area contributed by atoms with Gasteiger partial charge < -0.3 is 15.0 Å². The van der Waals surface area contributed by atoms with Crippen molar-refractivity contribution in [1.82, 2.24) is 9.55 Å². The lowest BCUT2D eigenvalue weighted by Gasteiger charge is -2.19. The van der Waals surface area contributed by atoms with Crippen LogP contribution < -0.4 is 4.90 Å². The fourth-order valence-electron chi connectivity index (χ4n) is 2.10. The topological polar surface area (TPSA) is 64.2 Å². The minimum atomic E-state index is -0.455. The van der Waals surface area contributed by atoms with Crippen molar-refractivity contribution in [3.8, 4) is 0 Å². The first-order chi connectivity index (χ1) is 9.00. The number of anilines is 1. The van der Waals surface area contributed by atoms with Gasteiger partial charge in [-0.3, -0.25) is 4.57 Å². The van der Waals surface area contributed by atoms with Crippen LogP contribution >= 0.6 is 0 Å². The van der Waals surface area contributed by atoms with Crippen molar-refractivity contribution in [3.63, 3.8) is 0 Å². The number of aromatic nitrogens is 2. The molecule has 1 aromatic carbocycles. The molecule has 0 aliphatic rings. The summed E-state index contributed by atoms with van der Waals surface area (Å²) in [5.74, 6) is 0.395. The van der Waals surface area contributed by atoms with E-state index >= 15 is 0 Å². The summed E-state index contributed by atoms with van der Waals surface area (Å²) < 4.78 is 1.66. The number of aryl methyl sites for hydroxylation is 2. The summed E-state index contributed by atoms with van der Waals surface area (Å²) in [6.45, 7) is 2.63. The van der Waals surface area contributed by atoms with Gasteiger partial charge >= 0.3 is 5.82 Å². The number of nitrogens with zero attached hydrogens (tertiary/aromatic N) is 4. The summed E-state index contributed by atoms with van der Waals surface area (Å²) >= 11 is 0. The normalized spacial score (nSPS) is 10.5. The first kappa shape index (κ1) is 13.1. The van der Waals surface area contributed by atoms with Gasteiger partial charge in [-0.1, -0.05) is 24.3 Å². The van der Waals surface area contributed by atoms with E-state index in [0.29, 0.717) is 12.4 Å². The van der Waals surface area contributed by atoms with E-state index in [1.165, 1.54) is 11.9 Å². The van der Waals surface area contributed by atoms with Crippen LogP contribution in [0.25, 0.3) is 0 Å². The second kappa shape index (κ2) is 5.09. The monoisotopic (exact) mass is 260 g/mol. The van der Waals surface area contributed by atoms with Gasteiger partial charge in [0.25, 0.3) is 0 Å². The molecule has 6 heteroatoms. The summed E-state index contributed by atoms with van der Waals surface area (Å²) in [5.41, 5.74) is 2.31. The number of hydrogen-bond acceptors (Lipinski definition) is 4. The summed E-state index contributed by atoms with van der Waals surface area (Å²) in [6, 6.07) is 7.99. The Morgan fingerprint density at radius 2 is 2.11 bits per heavy atom. The summed E-state index contributed by atoms with van der Waals surface area (Å²) in [6.07, 6.45) is 1.46. The second-order valence-electron chi connectivity index (χ2n) is 4.54. The fraction of sp³-hybridized carbons (Fsp3) is 0.308. The van der Waals surface area contributed by atoms with E-state index in [1.807, 2.05) is 43.1 Å². The van der Waals surface area contributed by atoms with Crippen LogP contribution in [0.2, 0.25) is 0 Å². The maximum Gasteiger partial charge on any atom is 0.406 e. The van der Waals surface area contributed by atoms with Gasteiger partial charge in [0, 0.05) is 20.6 Å². The highest BCUT2D eigenvalue weighted by Gasteiger charge is 2.23. The molecule has 0 radical (unpaired) electrons.